The Kier molecular flexibility index (Phi) is 4.94. The van der Waals surface area contributed by atoms with Crippen molar-refractivity contribution < 1.29 is 13.2 Å². The van der Waals surface area contributed by atoms with E-state index in [9.17, 15) is 13.2 Å². The van der Waals surface area contributed by atoms with Crippen LogP contribution < -0.4 is 0 Å². The largest absolute Gasteiger partial charge is 0.335 e. The fraction of sp³-hybridized carbons (Fsp3) is 0.389. The minimum atomic E-state index is -3.55. The lowest BCUT2D eigenvalue weighted by atomic mass is 10.2. The van der Waals surface area contributed by atoms with Crippen LogP contribution in [-0.4, -0.2) is 49.7 Å². The van der Waals surface area contributed by atoms with E-state index in [1.165, 1.54) is 21.2 Å². The van der Waals surface area contributed by atoms with Gasteiger partial charge in [0, 0.05) is 35.5 Å². The summed E-state index contributed by atoms with van der Waals surface area (Å²) in [4.78, 5) is 16.9. The van der Waals surface area contributed by atoms with Gasteiger partial charge in [-0.2, -0.15) is 4.31 Å². The molecule has 1 amide bonds. The number of halogens is 1. The second-order valence-corrected chi connectivity index (χ2v) is 10.4. The molecule has 1 aliphatic heterocycles. The Morgan fingerprint density at radius 2 is 1.81 bits per heavy atom. The molecule has 0 radical (unpaired) electrons. The molecule has 5 nitrogen and oxygen atoms in total. The van der Waals surface area contributed by atoms with Crippen LogP contribution in [-0.2, 0) is 22.9 Å². The molecule has 0 saturated carbocycles. The Morgan fingerprint density at radius 1 is 1.08 bits per heavy atom. The maximum absolute atomic E-state index is 12.8. The summed E-state index contributed by atoms with van der Waals surface area (Å²) in [5.74, 6) is 0.0299. The van der Waals surface area contributed by atoms with Crippen LogP contribution in [0.25, 0.3) is 0 Å². The first-order chi connectivity index (χ1) is 12.5. The highest BCUT2D eigenvalue weighted by Crippen LogP contribution is 2.32. The van der Waals surface area contributed by atoms with E-state index in [2.05, 4.69) is 15.9 Å². The zero-order chi connectivity index (χ0) is 18.3. The number of hydrogen-bond donors (Lipinski definition) is 0. The summed E-state index contributed by atoms with van der Waals surface area (Å²) < 4.78 is 27.7. The summed E-state index contributed by atoms with van der Waals surface area (Å²) in [6.07, 6.45) is 3.32. The van der Waals surface area contributed by atoms with Gasteiger partial charge in [-0.15, -0.1) is 11.3 Å². The minimum Gasteiger partial charge on any atom is -0.335 e. The van der Waals surface area contributed by atoms with E-state index >= 15 is 0 Å². The van der Waals surface area contributed by atoms with Crippen molar-refractivity contribution in [2.75, 3.05) is 26.2 Å². The number of rotatable bonds is 3. The zero-order valence-electron chi connectivity index (χ0n) is 14.2. The lowest BCUT2D eigenvalue weighted by molar-refractivity contribution is 0.0702. The predicted octanol–water partition coefficient (Wildman–Crippen LogP) is 3.15. The van der Waals surface area contributed by atoms with E-state index in [-0.39, 0.29) is 10.8 Å². The van der Waals surface area contributed by atoms with Crippen LogP contribution in [0.5, 0.6) is 0 Å². The molecule has 0 unspecified atom stereocenters. The van der Waals surface area contributed by atoms with E-state index in [4.69, 9.17) is 0 Å². The molecule has 0 bridgehead atoms. The molecule has 2 aliphatic rings. The molecule has 2 heterocycles. The summed E-state index contributed by atoms with van der Waals surface area (Å²) in [6, 6.07) is 8.86. The van der Waals surface area contributed by atoms with Gasteiger partial charge in [0.25, 0.3) is 5.91 Å². The maximum atomic E-state index is 12.8. The Bertz CT molecular complexity index is 926. The number of hydrogen-bond acceptors (Lipinski definition) is 4. The van der Waals surface area contributed by atoms with Crippen LogP contribution in [0.15, 0.2) is 39.7 Å². The van der Waals surface area contributed by atoms with E-state index in [1.807, 2.05) is 6.07 Å². The normalized spacial score (nSPS) is 18.1. The van der Waals surface area contributed by atoms with Crippen molar-refractivity contribution in [3.8, 4) is 0 Å². The molecule has 8 heteroatoms. The van der Waals surface area contributed by atoms with Gasteiger partial charge in [-0.25, -0.2) is 8.42 Å². The van der Waals surface area contributed by atoms with E-state index in [0.717, 1.165) is 17.7 Å². The van der Waals surface area contributed by atoms with Crippen LogP contribution in [0, 0.1) is 0 Å². The van der Waals surface area contributed by atoms with Gasteiger partial charge in [-0.05, 0) is 59.0 Å². The first-order valence-corrected chi connectivity index (χ1v) is 11.7. The molecule has 26 heavy (non-hydrogen) atoms. The van der Waals surface area contributed by atoms with Crippen LogP contribution in [0.2, 0.25) is 0 Å². The molecule has 1 aromatic heterocycles. The van der Waals surface area contributed by atoms with Gasteiger partial charge in [0.15, 0.2) is 0 Å². The van der Waals surface area contributed by atoms with E-state index in [1.54, 1.807) is 40.5 Å². The average molecular weight is 455 g/mol. The highest BCUT2D eigenvalue weighted by atomic mass is 79.9. The Labute approximate surface area is 165 Å². The number of fused-ring (bicyclic) bond motifs is 1. The van der Waals surface area contributed by atoms with Crippen molar-refractivity contribution in [1.29, 1.82) is 0 Å². The SMILES string of the molecule is O=C(c1cc2c(s1)CCC2)N1CCN(S(=O)(=O)c2ccccc2Br)CC1. The molecule has 1 aliphatic carbocycles. The predicted molar refractivity (Wildman–Crippen MR) is 105 cm³/mol. The summed E-state index contributed by atoms with van der Waals surface area (Å²) in [6.45, 7) is 1.48. The molecule has 138 valence electrons. The quantitative estimate of drug-likeness (QED) is 0.715. The smallest absolute Gasteiger partial charge is 0.264 e. The average Bonchev–Trinajstić information content (AvgIpc) is 3.23. The maximum Gasteiger partial charge on any atom is 0.264 e. The first kappa shape index (κ1) is 18.2. The van der Waals surface area contributed by atoms with Crippen molar-refractivity contribution in [2.24, 2.45) is 0 Å². The number of benzene rings is 1. The summed E-state index contributed by atoms with van der Waals surface area (Å²) >= 11 is 4.92. The lowest BCUT2D eigenvalue weighted by Gasteiger charge is -2.34. The zero-order valence-corrected chi connectivity index (χ0v) is 17.4. The third-order valence-electron chi connectivity index (χ3n) is 4.94. The van der Waals surface area contributed by atoms with Gasteiger partial charge in [0.05, 0.1) is 9.77 Å². The van der Waals surface area contributed by atoms with Crippen LogP contribution in [0.1, 0.15) is 26.5 Å². The van der Waals surface area contributed by atoms with Gasteiger partial charge in [-0.3, -0.25) is 4.79 Å². The number of sulfonamides is 1. The fourth-order valence-electron chi connectivity index (χ4n) is 3.51. The third kappa shape index (κ3) is 3.24. The molecule has 4 rings (SSSR count). The topological polar surface area (TPSA) is 57.7 Å². The molecular formula is C18H19BrN2O3S2. The van der Waals surface area contributed by atoms with Crippen molar-refractivity contribution in [3.05, 3.63) is 50.1 Å². The van der Waals surface area contributed by atoms with E-state index in [0.29, 0.717) is 30.7 Å². The number of carbonyl (C=O) groups excluding carboxylic acids is 1. The van der Waals surface area contributed by atoms with Gasteiger partial charge in [0.2, 0.25) is 10.0 Å². The van der Waals surface area contributed by atoms with Gasteiger partial charge >= 0.3 is 0 Å². The molecular weight excluding hydrogens is 436 g/mol. The van der Waals surface area contributed by atoms with Crippen LogP contribution in [0.4, 0.5) is 0 Å². The monoisotopic (exact) mass is 454 g/mol. The summed E-state index contributed by atoms with van der Waals surface area (Å²) in [7, 11) is -3.55. The molecule has 1 aromatic carbocycles. The molecule has 0 spiro atoms. The molecule has 1 saturated heterocycles. The third-order valence-corrected chi connectivity index (χ3v) is 9.07. The standard InChI is InChI=1S/C18H19BrN2O3S2/c19-14-5-1-2-7-17(14)26(23,24)21-10-8-20(9-11-21)18(22)16-12-13-4-3-6-15(13)25-16/h1-2,5,7,12H,3-4,6,8-11H2. The highest BCUT2D eigenvalue weighted by molar-refractivity contribution is 9.10. The van der Waals surface area contributed by atoms with Crippen LogP contribution >= 0.6 is 27.3 Å². The molecule has 2 aromatic rings. The Hall–Kier alpha value is -1.22. The Balaban J connectivity index is 1.45. The number of carbonyl (C=O) groups is 1. The number of aryl methyl sites for hydroxylation is 2. The lowest BCUT2D eigenvalue weighted by Crippen LogP contribution is -2.50. The number of thiophene rings is 1. The van der Waals surface area contributed by atoms with E-state index < -0.39 is 10.0 Å². The number of amides is 1. The van der Waals surface area contributed by atoms with Gasteiger partial charge < -0.3 is 4.90 Å². The minimum absolute atomic E-state index is 0.0299. The van der Waals surface area contributed by atoms with Crippen LogP contribution in [0.3, 0.4) is 0 Å². The van der Waals surface area contributed by atoms with Crippen molar-refractivity contribution in [3.63, 3.8) is 0 Å². The Morgan fingerprint density at radius 3 is 2.50 bits per heavy atom. The first-order valence-electron chi connectivity index (χ1n) is 8.62. The second kappa shape index (κ2) is 7.07. The summed E-state index contributed by atoms with van der Waals surface area (Å²) in [5.41, 5.74) is 1.31. The number of nitrogens with zero attached hydrogens (tertiary/aromatic N) is 2. The van der Waals surface area contributed by atoms with Crippen molar-refractivity contribution in [1.82, 2.24) is 9.21 Å². The van der Waals surface area contributed by atoms with Gasteiger partial charge in [0.1, 0.15) is 0 Å². The molecule has 0 N–H and O–H groups in total. The summed E-state index contributed by atoms with van der Waals surface area (Å²) in [5, 5.41) is 0. The fourth-order valence-corrected chi connectivity index (χ4v) is 7.12. The molecule has 0 atom stereocenters. The van der Waals surface area contributed by atoms with Crippen molar-refractivity contribution >= 4 is 43.2 Å². The van der Waals surface area contributed by atoms with Gasteiger partial charge in [-0.1, -0.05) is 12.1 Å². The molecule has 1 fully saturated rings. The highest BCUT2D eigenvalue weighted by Gasteiger charge is 2.32. The van der Waals surface area contributed by atoms with Crippen molar-refractivity contribution in [2.45, 2.75) is 24.2 Å². The number of piperazine rings is 1. The second-order valence-electron chi connectivity index (χ2n) is 6.54.